The Labute approximate surface area is 126 Å². The van der Waals surface area contributed by atoms with Gasteiger partial charge in [-0.15, -0.1) is 0 Å². The summed E-state index contributed by atoms with van der Waals surface area (Å²) >= 11 is 17.3. The third-order valence-electron chi connectivity index (χ3n) is 2.43. The lowest BCUT2D eigenvalue weighted by Crippen LogP contribution is -2.08. The fourth-order valence-corrected chi connectivity index (χ4v) is 2.15. The first-order valence-electron chi connectivity index (χ1n) is 5.09. The molecule has 0 saturated carbocycles. The number of hydrogen-bond acceptors (Lipinski definition) is 1. The van der Waals surface area contributed by atoms with Crippen molar-refractivity contribution in [1.82, 2.24) is 4.98 Å². The van der Waals surface area contributed by atoms with Crippen molar-refractivity contribution in [3.05, 3.63) is 50.8 Å². The van der Waals surface area contributed by atoms with Crippen molar-refractivity contribution >= 4 is 34.8 Å². The summed E-state index contributed by atoms with van der Waals surface area (Å²) in [5.74, 6) is -1.42. The fourth-order valence-electron chi connectivity index (χ4n) is 1.54. The maximum absolute atomic E-state index is 13.5. The molecule has 20 heavy (non-hydrogen) atoms. The van der Waals surface area contributed by atoms with Gasteiger partial charge in [0.1, 0.15) is 11.0 Å². The van der Waals surface area contributed by atoms with E-state index in [4.69, 9.17) is 34.8 Å². The summed E-state index contributed by atoms with van der Waals surface area (Å²) in [7, 11) is 0. The van der Waals surface area contributed by atoms with Crippen LogP contribution in [-0.4, -0.2) is 4.98 Å². The number of benzene rings is 1. The van der Waals surface area contributed by atoms with Crippen molar-refractivity contribution in [1.29, 1.82) is 0 Å². The van der Waals surface area contributed by atoms with E-state index in [1.54, 1.807) is 0 Å². The van der Waals surface area contributed by atoms with Gasteiger partial charge in [-0.05, 0) is 18.2 Å². The van der Waals surface area contributed by atoms with Crippen molar-refractivity contribution in [3.63, 3.8) is 0 Å². The lowest BCUT2D eigenvalue weighted by Gasteiger charge is -2.10. The topological polar surface area (TPSA) is 12.9 Å². The summed E-state index contributed by atoms with van der Waals surface area (Å²) < 4.78 is 50.9. The molecule has 2 aromatic rings. The largest absolute Gasteiger partial charge is 0.419 e. The molecule has 0 radical (unpaired) electrons. The van der Waals surface area contributed by atoms with E-state index in [2.05, 4.69) is 4.98 Å². The molecular weight excluding hydrogens is 340 g/mol. The molecule has 0 unspecified atom stereocenters. The molecule has 0 aliphatic carbocycles. The Balaban J connectivity index is 2.55. The molecule has 0 N–H and O–H groups in total. The van der Waals surface area contributed by atoms with Gasteiger partial charge in [0.05, 0.1) is 21.3 Å². The summed E-state index contributed by atoms with van der Waals surface area (Å²) in [4.78, 5) is 3.83. The predicted molar refractivity (Wildman–Crippen MR) is 69.7 cm³/mol. The maximum atomic E-state index is 13.5. The molecule has 0 saturated heterocycles. The second-order valence-corrected chi connectivity index (χ2v) is 4.96. The molecule has 106 valence electrons. The third-order valence-corrected chi connectivity index (χ3v) is 3.40. The van der Waals surface area contributed by atoms with Crippen molar-refractivity contribution in [3.8, 4) is 11.3 Å². The second kappa shape index (κ2) is 5.39. The van der Waals surface area contributed by atoms with Crippen molar-refractivity contribution in [2.45, 2.75) is 6.18 Å². The number of pyridine rings is 1. The number of hydrogen-bond donors (Lipinski definition) is 0. The Morgan fingerprint density at radius 3 is 2.15 bits per heavy atom. The number of nitrogens with zero attached hydrogens (tertiary/aromatic N) is 1. The van der Waals surface area contributed by atoms with E-state index in [9.17, 15) is 17.6 Å². The first-order valence-corrected chi connectivity index (χ1v) is 6.22. The summed E-state index contributed by atoms with van der Waals surface area (Å²) in [5, 5.41) is 0.0673. The van der Waals surface area contributed by atoms with Crippen molar-refractivity contribution in [2.75, 3.05) is 0 Å². The van der Waals surface area contributed by atoms with Gasteiger partial charge in [0.2, 0.25) is 0 Å². The molecule has 0 fully saturated rings. The number of aromatic nitrogens is 1. The average molecular weight is 345 g/mol. The first-order chi connectivity index (χ1) is 9.20. The molecule has 1 nitrogen and oxygen atoms in total. The quantitative estimate of drug-likeness (QED) is 0.466. The Morgan fingerprint density at radius 1 is 0.950 bits per heavy atom. The highest BCUT2D eigenvalue weighted by Gasteiger charge is 2.34. The molecule has 1 heterocycles. The van der Waals surface area contributed by atoms with Gasteiger partial charge in [-0.3, -0.25) is 0 Å². The minimum Gasteiger partial charge on any atom is -0.233 e. The average Bonchev–Trinajstić information content (AvgIpc) is 2.32. The zero-order valence-corrected chi connectivity index (χ0v) is 11.7. The van der Waals surface area contributed by atoms with Crippen LogP contribution in [0.2, 0.25) is 15.2 Å². The van der Waals surface area contributed by atoms with Gasteiger partial charge in [-0.1, -0.05) is 40.9 Å². The molecule has 0 atom stereocenters. The van der Waals surface area contributed by atoms with Gasteiger partial charge in [0, 0.05) is 5.56 Å². The SMILES string of the molecule is Fc1cc(-c2nc(Cl)c(Cl)cc2Cl)ccc1C(F)(F)F. The normalized spacial score (nSPS) is 11.8. The maximum Gasteiger partial charge on any atom is 0.419 e. The van der Waals surface area contributed by atoms with Crippen LogP contribution in [0.1, 0.15) is 5.56 Å². The summed E-state index contributed by atoms with van der Waals surface area (Å²) in [6.07, 6.45) is -4.77. The molecule has 8 heteroatoms. The zero-order chi connectivity index (χ0) is 15.1. The fraction of sp³-hybridized carbons (Fsp3) is 0.0833. The van der Waals surface area contributed by atoms with Crippen LogP contribution in [0.4, 0.5) is 17.6 Å². The number of alkyl halides is 3. The van der Waals surface area contributed by atoms with E-state index in [1.807, 2.05) is 0 Å². The van der Waals surface area contributed by atoms with Crippen LogP contribution in [0.25, 0.3) is 11.3 Å². The molecule has 0 aliphatic rings. The summed E-state index contributed by atoms with van der Waals surface area (Å²) in [6, 6.07) is 3.65. The van der Waals surface area contributed by atoms with Crippen LogP contribution in [0.5, 0.6) is 0 Å². The second-order valence-electron chi connectivity index (χ2n) is 3.78. The molecule has 2 rings (SSSR count). The van der Waals surface area contributed by atoms with Crippen LogP contribution < -0.4 is 0 Å². The van der Waals surface area contributed by atoms with E-state index in [0.717, 1.165) is 6.07 Å². The van der Waals surface area contributed by atoms with E-state index < -0.39 is 17.6 Å². The highest BCUT2D eigenvalue weighted by molar-refractivity contribution is 6.42. The summed E-state index contributed by atoms with van der Waals surface area (Å²) in [5.41, 5.74) is -1.25. The predicted octanol–water partition coefficient (Wildman–Crippen LogP) is 5.87. The minimum atomic E-state index is -4.77. The summed E-state index contributed by atoms with van der Waals surface area (Å²) in [6.45, 7) is 0. The Hall–Kier alpha value is -1.04. The molecule has 0 bridgehead atoms. The third kappa shape index (κ3) is 3.00. The molecule has 1 aromatic heterocycles. The zero-order valence-electron chi connectivity index (χ0n) is 9.40. The lowest BCUT2D eigenvalue weighted by atomic mass is 10.1. The van der Waals surface area contributed by atoms with Crippen LogP contribution >= 0.6 is 34.8 Å². The van der Waals surface area contributed by atoms with E-state index in [-0.39, 0.29) is 26.5 Å². The van der Waals surface area contributed by atoms with E-state index in [0.29, 0.717) is 12.1 Å². The highest BCUT2D eigenvalue weighted by atomic mass is 35.5. The minimum absolute atomic E-state index is 0.0497. The molecule has 1 aromatic carbocycles. The van der Waals surface area contributed by atoms with Gasteiger partial charge in [-0.2, -0.15) is 13.2 Å². The van der Waals surface area contributed by atoms with Gasteiger partial charge in [0.25, 0.3) is 0 Å². The standard InChI is InChI=1S/C12H4Cl3F4N/c13-7-4-8(14)11(15)20-10(7)5-1-2-6(9(16)3-5)12(17,18)19/h1-4H. The van der Waals surface area contributed by atoms with Gasteiger partial charge < -0.3 is 0 Å². The van der Waals surface area contributed by atoms with Crippen LogP contribution in [0.3, 0.4) is 0 Å². The molecule has 0 aliphatic heterocycles. The highest BCUT2D eigenvalue weighted by Crippen LogP contribution is 2.36. The van der Waals surface area contributed by atoms with E-state index >= 15 is 0 Å². The molecule has 0 amide bonds. The van der Waals surface area contributed by atoms with E-state index in [1.165, 1.54) is 6.07 Å². The molecule has 0 spiro atoms. The van der Waals surface area contributed by atoms with Crippen molar-refractivity contribution in [2.24, 2.45) is 0 Å². The number of halogens is 7. The van der Waals surface area contributed by atoms with Crippen LogP contribution in [-0.2, 0) is 6.18 Å². The lowest BCUT2D eigenvalue weighted by molar-refractivity contribution is -0.139. The monoisotopic (exact) mass is 343 g/mol. The van der Waals surface area contributed by atoms with Crippen LogP contribution in [0, 0.1) is 5.82 Å². The Kier molecular flexibility index (Phi) is 4.14. The van der Waals surface area contributed by atoms with Gasteiger partial charge in [-0.25, -0.2) is 9.37 Å². The van der Waals surface area contributed by atoms with Gasteiger partial charge in [0.15, 0.2) is 0 Å². The Bertz CT molecular complexity index is 670. The first kappa shape index (κ1) is 15.4. The number of rotatable bonds is 1. The van der Waals surface area contributed by atoms with Gasteiger partial charge >= 0.3 is 6.18 Å². The van der Waals surface area contributed by atoms with Crippen LogP contribution in [0.15, 0.2) is 24.3 Å². The smallest absolute Gasteiger partial charge is 0.233 e. The van der Waals surface area contributed by atoms with Crippen molar-refractivity contribution < 1.29 is 17.6 Å². The Morgan fingerprint density at radius 2 is 1.60 bits per heavy atom. The molecular formula is C12H4Cl3F4N.